The van der Waals surface area contributed by atoms with Crippen LogP contribution >= 0.6 is 0 Å². The molecule has 2 aromatic rings. The summed E-state index contributed by atoms with van der Waals surface area (Å²) in [5, 5.41) is 11.9. The Morgan fingerprint density at radius 1 is 1.13 bits per heavy atom. The highest BCUT2D eigenvalue weighted by molar-refractivity contribution is 5.90. The van der Waals surface area contributed by atoms with Crippen molar-refractivity contribution in [1.29, 1.82) is 0 Å². The maximum atomic E-state index is 15.0. The number of hydrogen-bond acceptors (Lipinski definition) is 6. The summed E-state index contributed by atoms with van der Waals surface area (Å²) in [5.74, 6) is 5.67. The molecule has 2 N–H and O–H groups in total. The van der Waals surface area contributed by atoms with E-state index in [1.165, 1.54) is 17.9 Å². The van der Waals surface area contributed by atoms with Gasteiger partial charge in [0, 0.05) is 51.5 Å². The van der Waals surface area contributed by atoms with Gasteiger partial charge in [-0.3, -0.25) is 14.5 Å². The fourth-order valence-electron chi connectivity index (χ4n) is 4.41. The quantitative estimate of drug-likeness (QED) is 0.428. The molecule has 0 spiro atoms. The van der Waals surface area contributed by atoms with Gasteiger partial charge in [-0.15, -0.1) is 0 Å². The average Bonchev–Trinajstić information content (AvgIpc) is 3.28. The Kier molecular flexibility index (Phi) is 8.69. The van der Waals surface area contributed by atoms with Crippen molar-refractivity contribution in [1.82, 2.24) is 10.2 Å². The Morgan fingerprint density at radius 3 is 2.55 bits per heavy atom. The Bertz CT molecular complexity index is 1230. The number of rotatable bonds is 7. The van der Waals surface area contributed by atoms with Gasteiger partial charge >= 0.3 is 6.09 Å². The number of halogens is 1. The van der Waals surface area contributed by atoms with Gasteiger partial charge in [-0.05, 0) is 48.9 Å². The van der Waals surface area contributed by atoms with E-state index in [9.17, 15) is 19.5 Å². The summed E-state index contributed by atoms with van der Waals surface area (Å²) in [7, 11) is 0. The highest BCUT2D eigenvalue weighted by atomic mass is 19.1. The summed E-state index contributed by atoms with van der Waals surface area (Å²) in [4.78, 5) is 41.0. The fourth-order valence-corrected chi connectivity index (χ4v) is 4.41. The van der Waals surface area contributed by atoms with Gasteiger partial charge in [0.15, 0.2) is 0 Å². The molecule has 2 aromatic carbocycles. The van der Waals surface area contributed by atoms with Gasteiger partial charge < -0.3 is 25.0 Å². The van der Waals surface area contributed by atoms with Crippen molar-refractivity contribution < 1.29 is 28.6 Å². The molecule has 2 heterocycles. The standard InChI is InChI=1S/C28H31FN4O5/c1-20(34)30-18-24-19-33(28(37)38-24)22-9-12-26(25(29)17-22)31-13-15-32(16-14-31)27(36)6-4-2-3-5-21-7-10-23(35)11-8-21/h7-12,17,24,35H,2,4,6,13-16,18-19H2,1H3,(H,30,34). The van der Waals surface area contributed by atoms with Crippen LogP contribution in [0.25, 0.3) is 0 Å². The number of carbonyl (C=O) groups excluding carboxylic acids is 3. The largest absolute Gasteiger partial charge is 0.508 e. The molecule has 0 bridgehead atoms. The van der Waals surface area contributed by atoms with Gasteiger partial charge in [-0.2, -0.15) is 0 Å². The zero-order chi connectivity index (χ0) is 27.1. The molecule has 38 heavy (non-hydrogen) atoms. The number of unbranched alkanes of at least 4 members (excludes halogenated alkanes) is 1. The third-order valence-corrected chi connectivity index (χ3v) is 6.46. The van der Waals surface area contributed by atoms with Crippen LogP contribution in [0.1, 0.15) is 31.7 Å². The second-order valence-electron chi connectivity index (χ2n) is 9.26. The van der Waals surface area contributed by atoms with Crippen molar-refractivity contribution in [2.24, 2.45) is 0 Å². The Hall–Kier alpha value is -4.26. The minimum absolute atomic E-state index is 0.0632. The van der Waals surface area contributed by atoms with Crippen LogP contribution < -0.4 is 15.1 Å². The van der Waals surface area contributed by atoms with Gasteiger partial charge in [-0.1, -0.05) is 11.8 Å². The monoisotopic (exact) mass is 522 g/mol. The van der Waals surface area contributed by atoms with E-state index in [2.05, 4.69) is 17.2 Å². The van der Waals surface area contributed by atoms with E-state index in [4.69, 9.17) is 4.74 Å². The molecule has 9 nitrogen and oxygen atoms in total. The van der Waals surface area contributed by atoms with Gasteiger partial charge in [-0.25, -0.2) is 9.18 Å². The molecule has 10 heteroatoms. The zero-order valence-corrected chi connectivity index (χ0v) is 21.3. The van der Waals surface area contributed by atoms with Crippen molar-refractivity contribution in [2.45, 2.75) is 32.3 Å². The molecule has 0 aliphatic carbocycles. The average molecular weight is 523 g/mol. The van der Waals surface area contributed by atoms with Crippen LogP contribution in [0.4, 0.5) is 20.6 Å². The second-order valence-corrected chi connectivity index (χ2v) is 9.26. The summed E-state index contributed by atoms with van der Waals surface area (Å²) in [6.45, 7) is 3.83. The summed E-state index contributed by atoms with van der Waals surface area (Å²) in [6.07, 6.45) is 0.590. The van der Waals surface area contributed by atoms with E-state index < -0.39 is 18.0 Å². The summed E-state index contributed by atoms with van der Waals surface area (Å²) < 4.78 is 20.3. The van der Waals surface area contributed by atoms with Crippen molar-refractivity contribution in [3.05, 3.63) is 53.8 Å². The second kappa shape index (κ2) is 12.3. The van der Waals surface area contributed by atoms with Gasteiger partial charge in [0.05, 0.1) is 24.5 Å². The highest BCUT2D eigenvalue weighted by Gasteiger charge is 2.33. The van der Waals surface area contributed by atoms with Crippen LogP contribution in [0.3, 0.4) is 0 Å². The van der Waals surface area contributed by atoms with E-state index in [1.807, 2.05) is 4.90 Å². The molecule has 2 fully saturated rings. The lowest BCUT2D eigenvalue weighted by Crippen LogP contribution is -2.49. The van der Waals surface area contributed by atoms with Crippen molar-refractivity contribution in [2.75, 3.05) is 49.1 Å². The van der Waals surface area contributed by atoms with Crippen molar-refractivity contribution in [3.8, 4) is 17.6 Å². The van der Waals surface area contributed by atoms with Crippen molar-refractivity contribution in [3.63, 3.8) is 0 Å². The lowest BCUT2D eigenvalue weighted by molar-refractivity contribution is -0.131. The lowest BCUT2D eigenvalue weighted by Gasteiger charge is -2.36. The first-order valence-corrected chi connectivity index (χ1v) is 12.6. The number of ether oxygens (including phenoxy) is 1. The minimum Gasteiger partial charge on any atom is -0.508 e. The predicted molar refractivity (Wildman–Crippen MR) is 140 cm³/mol. The Balaban J connectivity index is 1.23. The number of anilines is 2. The number of phenolic OH excluding ortho intramolecular Hbond substituents is 1. The lowest BCUT2D eigenvalue weighted by atomic mass is 10.1. The molecule has 0 saturated carbocycles. The molecule has 1 atom stereocenters. The molecule has 0 aromatic heterocycles. The number of nitrogens with one attached hydrogen (secondary N) is 1. The third kappa shape index (κ3) is 6.94. The topological polar surface area (TPSA) is 102 Å². The first kappa shape index (κ1) is 26.8. The molecule has 3 amide bonds. The van der Waals surface area contributed by atoms with Crippen LogP contribution in [0, 0.1) is 17.7 Å². The van der Waals surface area contributed by atoms with Crippen LogP contribution in [-0.4, -0.2) is 73.3 Å². The number of nitrogens with zero attached hydrogens (tertiary/aromatic N) is 3. The smallest absolute Gasteiger partial charge is 0.414 e. The molecule has 0 radical (unpaired) electrons. The molecule has 2 aliphatic rings. The number of phenols is 1. The number of carbonyl (C=O) groups is 3. The first-order chi connectivity index (χ1) is 18.3. The third-order valence-electron chi connectivity index (χ3n) is 6.46. The van der Waals surface area contributed by atoms with E-state index >= 15 is 4.39 Å². The SMILES string of the molecule is CC(=O)NCC1CN(c2ccc(N3CCN(C(=O)CCCC#Cc4ccc(O)cc4)CC3)c(F)c2)C(=O)O1. The zero-order valence-electron chi connectivity index (χ0n) is 21.3. The van der Waals surface area contributed by atoms with Crippen LogP contribution in [0.15, 0.2) is 42.5 Å². The maximum Gasteiger partial charge on any atom is 0.414 e. The summed E-state index contributed by atoms with van der Waals surface area (Å²) in [6, 6.07) is 11.3. The van der Waals surface area contributed by atoms with E-state index in [0.717, 1.165) is 5.56 Å². The predicted octanol–water partition coefficient (Wildman–Crippen LogP) is 2.86. The summed E-state index contributed by atoms with van der Waals surface area (Å²) >= 11 is 0. The number of piperazine rings is 1. The van der Waals surface area contributed by atoms with E-state index in [1.54, 1.807) is 41.3 Å². The number of amides is 3. The normalized spacial score (nSPS) is 17.1. The van der Waals surface area contributed by atoms with Crippen LogP contribution in [0.2, 0.25) is 0 Å². The molecule has 2 saturated heterocycles. The number of aromatic hydroxyl groups is 1. The van der Waals surface area contributed by atoms with Gasteiger partial charge in [0.1, 0.15) is 17.7 Å². The molecule has 200 valence electrons. The van der Waals surface area contributed by atoms with Crippen molar-refractivity contribution >= 4 is 29.3 Å². The maximum absolute atomic E-state index is 15.0. The number of hydrogen-bond donors (Lipinski definition) is 2. The number of benzene rings is 2. The van der Waals surface area contributed by atoms with Gasteiger partial charge in [0.2, 0.25) is 11.8 Å². The molecule has 4 rings (SSSR count). The Labute approximate surface area is 221 Å². The minimum atomic E-state index is -0.578. The van der Waals surface area contributed by atoms with Crippen LogP contribution in [-0.2, 0) is 14.3 Å². The molecule has 1 unspecified atom stereocenters. The van der Waals surface area contributed by atoms with E-state index in [-0.39, 0.29) is 30.7 Å². The fraction of sp³-hybridized carbons (Fsp3) is 0.393. The summed E-state index contributed by atoms with van der Waals surface area (Å²) in [5.41, 5.74) is 1.63. The molecule has 2 aliphatic heterocycles. The Morgan fingerprint density at radius 2 is 1.87 bits per heavy atom. The van der Waals surface area contributed by atoms with E-state index in [0.29, 0.717) is 56.8 Å². The van der Waals surface area contributed by atoms with Crippen LogP contribution in [0.5, 0.6) is 5.75 Å². The number of cyclic esters (lactones) is 1. The highest BCUT2D eigenvalue weighted by Crippen LogP contribution is 2.28. The van der Waals surface area contributed by atoms with Gasteiger partial charge in [0.25, 0.3) is 0 Å². The molecular weight excluding hydrogens is 491 g/mol. The first-order valence-electron chi connectivity index (χ1n) is 12.6. The molecular formula is C28H31FN4O5.